The molecular formula is C12H13N3O4S. The van der Waals surface area contributed by atoms with Gasteiger partial charge in [0.15, 0.2) is 4.96 Å². The summed E-state index contributed by atoms with van der Waals surface area (Å²) in [6.07, 6.45) is 3.61. The number of carboxylic acid groups (broad SMARTS) is 1. The number of hydrogen-bond donors (Lipinski definition) is 2. The lowest BCUT2D eigenvalue weighted by atomic mass is 10.1. The highest BCUT2D eigenvalue weighted by molar-refractivity contribution is 7.15. The minimum absolute atomic E-state index is 0.164. The van der Waals surface area contributed by atoms with Crippen LogP contribution in [0.4, 0.5) is 0 Å². The first-order valence-corrected chi connectivity index (χ1v) is 6.91. The van der Waals surface area contributed by atoms with Crippen molar-refractivity contribution in [2.45, 2.75) is 25.8 Å². The molecule has 2 N–H and O–H groups in total. The van der Waals surface area contributed by atoms with Gasteiger partial charge in [0, 0.05) is 17.8 Å². The van der Waals surface area contributed by atoms with Gasteiger partial charge >= 0.3 is 5.97 Å². The molecule has 0 aromatic carbocycles. The summed E-state index contributed by atoms with van der Waals surface area (Å²) in [6.45, 7) is 1.82. The molecule has 2 aromatic rings. The highest BCUT2D eigenvalue weighted by atomic mass is 32.1. The smallest absolute Gasteiger partial charge is 0.326 e. The van der Waals surface area contributed by atoms with Crippen molar-refractivity contribution in [3.8, 4) is 0 Å². The summed E-state index contributed by atoms with van der Waals surface area (Å²) in [7, 11) is 0. The normalized spacial score (nSPS) is 12.2. The molecule has 0 aliphatic rings. The van der Waals surface area contributed by atoms with Gasteiger partial charge in [-0.15, -0.1) is 11.3 Å². The van der Waals surface area contributed by atoms with Crippen LogP contribution in [0.1, 0.15) is 30.1 Å². The van der Waals surface area contributed by atoms with Gasteiger partial charge < -0.3 is 10.4 Å². The minimum Gasteiger partial charge on any atom is -0.480 e. The molecule has 0 saturated heterocycles. The Bertz CT molecular complexity index is 706. The van der Waals surface area contributed by atoms with Gasteiger partial charge in [0.1, 0.15) is 11.6 Å². The number of nitrogens with one attached hydrogen (secondary N) is 1. The summed E-state index contributed by atoms with van der Waals surface area (Å²) in [5.41, 5.74) is -0.669. The SMILES string of the molecule is CCCC(NC(=O)c1cnc2sccn2c1=O)C(=O)O. The summed E-state index contributed by atoms with van der Waals surface area (Å²) in [5.74, 6) is -1.84. The summed E-state index contributed by atoms with van der Waals surface area (Å²) < 4.78 is 1.26. The van der Waals surface area contributed by atoms with Crippen LogP contribution >= 0.6 is 11.3 Å². The second-order valence-electron chi connectivity index (χ2n) is 4.19. The van der Waals surface area contributed by atoms with E-state index in [-0.39, 0.29) is 5.56 Å². The van der Waals surface area contributed by atoms with E-state index in [4.69, 9.17) is 5.11 Å². The van der Waals surface area contributed by atoms with Crippen LogP contribution in [0.25, 0.3) is 4.96 Å². The van der Waals surface area contributed by atoms with Crippen LogP contribution in [0.2, 0.25) is 0 Å². The van der Waals surface area contributed by atoms with Crippen molar-refractivity contribution >= 4 is 28.2 Å². The molecule has 8 heteroatoms. The Hall–Kier alpha value is -2.22. The van der Waals surface area contributed by atoms with E-state index in [1.165, 1.54) is 28.1 Å². The summed E-state index contributed by atoms with van der Waals surface area (Å²) in [6, 6.07) is -1.00. The number of fused-ring (bicyclic) bond motifs is 1. The minimum atomic E-state index is -1.12. The highest BCUT2D eigenvalue weighted by Gasteiger charge is 2.22. The van der Waals surface area contributed by atoms with E-state index in [1.807, 2.05) is 6.92 Å². The zero-order valence-corrected chi connectivity index (χ0v) is 11.5. The number of thiazole rings is 1. The molecule has 2 heterocycles. The lowest BCUT2D eigenvalue weighted by molar-refractivity contribution is -0.139. The van der Waals surface area contributed by atoms with Crippen molar-refractivity contribution < 1.29 is 14.7 Å². The van der Waals surface area contributed by atoms with E-state index in [1.54, 1.807) is 5.38 Å². The molecule has 0 radical (unpaired) electrons. The second kappa shape index (κ2) is 5.83. The van der Waals surface area contributed by atoms with Gasteiger partial charge in [-0.25, -0.2) is 9.78 Å². The van der Waals surface area contributed by atoms with Crippen molar-refractivity contribution in [3.63, 3.8) is 0 Å². The van der Waals surface area contributed by atoms with Gasteiger partial charge in [0.25, 0.3) is 11.5 Å². The molecule has 20 heavy (non-hydrogen) atoms. The molecule has 0 aliphatic heterocycles. The van der Waals surface area contributed by atoms with Crippen LogP contribution in [-0.2, 0) is 4.79 Å². The van der Waals surface area contributed by atoms with Gasteiger partial charge in [-0.3, -0.25) is 14.0 Å². The Kier molecular flexibility index (Phi) is 4.14. The molecule has 106 valence electrons. The molecule has 2 rings (SSSR count). The van der Waals surface area contributed by atoms with Gasteiger partial charge in [-0.05, 0) is 6.42 Å². The number of amides is 1. The third-order valence-corrected chi connectivity index (χ3v) is 3.54. The first-order valence-electron chi connectivity index (χ1n) is 6.03. The average Bonchev–Trinajstić information content (AvgIpc) is 2.87. The predicted molar refractivity (Wildman–Crippen MR) is 73.1 cm³/mol. The van der Waals surface area contributed by atoms with E-state index in [2.05, 4.69) is 10.3 Å². The Morgan fingerprint density at radius 2 is 2.30 bits per heavy atom. The first kappa shape index (κ1) is 14.2. The van der Waals surface area contributed by atoms with Crippen LogP contribution in [0.15, 0.2) is 22.6 Å². The topological polar surface area (TPSA) is 101 Å². The third-order valence-electron chi connectivity index (χ3n) is 2.77. The number of aromatic nitrogens is 2. The van der Waals surface area contributed by atoms with Crippen LogP contribution in [-0.4, -0.2) is 32.4 Å². The van der Waals surface area contributed by atoms with Crippen LogP contribution in [0.5, 0.6) is 0 Å². The Balaban J connectivity index is 2.29. The molecular weight excluding hydrogens is 282 g/mol. The van der Waals surface area contributed by atoms with Gasteiger partial charge in [-0.1, -0.05) is 13.3 Å². The lowest BCUT2D eigenvalue weighted by Gasteiger charge is -2.12. The lowest BCUT2D eigenvalue weighted by Crippen LogP contribution is -2.42. The monoisotopic (exact) mass is 295 g/mol. The standard InChI is InChI=1S/C12H13N3O4S/c1-2-3-8(11(18)19)14-9(16)7-6-13-12-15(10(7)17)4-5-20-12/h4-6,8H,2-3H2,1H3,(H,14,16)(H,18,19). The van der Waals surface area contributed by atoms with Crippen molar-refractivity contribution in [1.29, 1.82) is 0 Å². The number of carbonyl (C=O) groups excluding carboxylic acids is 1. The van der Waals surface area contributed by atoms with E-state index in [0.29, 0.717) is 17.8 Å². The number of carboxylic acids is 1. The molecule has 7 nitrogen and oxygen atoms in total. The number of nitrogens with zero attached hydrogens (tertiary/aromatic N) is 2. The zero-order chi connectivity index (χ0) is 14.7. The van der Waals surface area contributed by atoms with E-state index >= 15 is 0 Å². The van der Waals surface area contributed by atoms with Gasteiger partial charge in [0.05, 0.1) is 0 Å². The van der Waals surface area contributed by atoms with E-state index in [0.717, 1.165) is 0 Å². The Morgan fingerprint density at radius 1 is 1.55 bits per heavy atom. The summed E-state index contributed by atoms with van der Waals surface area (Å²) >= 11 is 1.27. The average molecular weight is 295 g/mol. The summed E-state index contributed by atoms with van der Waals surface area (Å²) in [5, 5.41) is 13.0. The van der Waals surface area contributed by atoms with Crippen LogP contribution in [0, 0.1) is 0 Å². The quantitative estimate of drug-likeness (QED) is 0.847. The van der Waals surface area contributed by atoms with E-state index < -0.39 is 23.5 Å². The van der Waals surface area contributed by atoms with E-state index in [9.17, 15) is 14.4 Å². The summed E-state index contributed by atoms with van der Waals surface area (Å²) in [4.78, 5) is 39.5. The van der Waals surface area contributed by atoms with Gasteiger partial charge in [0.2, 0.25) is 0 Å². The maximum atomic E-state index is 12.1. The van der Waals surface area contributed by atoms with Crippen molar-refractivity contribution in [2.24, 2.45) is 0 Å². The fourth-order valence-electron chi connectivity index (χ4n) is 1.76. The Morgan fingerprint density at radius 3 is 2.95 bits per heavy atom. The first-order chi connectivity index (χ1) is 9.54. The predicted octanol–water partition coefficient (Wildman–Crippen LogP) is 0.739. The van der Waals surface area contributed by atoms with Crippen LogP contribution < -0.4 is 10.9 Å². The maximum Gasteiger partial charge on any atom is 0.326 e. The fourth-order valence-corrected chi connectivity index (χ4v) is 2.44. The zero-order valence-electron chi connectivity index (χ0n) is 10.7. The van der Waals surface area contributed by atoms with Gasteiger partial charge in [-0.2, -0.15) is 0 Å². The highest BCUT2D eigenvalue weighted by Crippen LogP contribution is 2.06. The van der Waals surface area contributed by atoms with Crippen LogP contribution in [0.3, 0.4) is 0 Å². The number of hydrogen-bond acceptors (Lipinski definition) is 5. The maximum absolute atomic E-state index is 12.1. The molecule has 0 spiro atoms. The second-order valence-corrected chi connectivity index (χ2v) is 5.06. The molecule has 1 atom stereocenters. The number of rotatable bonds is 5. The largest absolute Gasteiger partial charge is 0.480 e. The molecule has 1 unspecified atom stereocenters. The number of carbonyl (C=O) groups is 2. The molecule has 0 bridgehead atoms. The molecule has 0 fully saturated rings. The molecule has 1 amide bonds. The van der Waals surface area contributed by atoms with Crippen molar-refractivity contribution in [3.05, 3.63) is 33.7 Å². The molecule has 0 aliphatic carbocycles. The number of aliphatic carboxylic acids is 1. The third kappa shape index (κ3) is 2.69. The Labute approximate surface area is 117 Å². The van der Waals surface area contributed by atoms with Crippen molar-refractivity contribution in [2.75, 3.05) is 0 Å². The van der Waals surface area contributed by atoms with Crippen molar-refractivity contribution in [1.82, 2.24) is 14.7 Å². The molecule has 0 saturated carbocycles. The molecule has 2 aromatic heterocycles. The fraction of sp³-hybridized carbons (Fsp3) is 0.333.